The normalized spacial score (nSPS) is 16.9. The average Bonchev–Trinajstić information content (AvgIpc) is 3.20. The first kappa shape index (κ1) is 18.2. The lowest BCUT2D eigenvalue weighted by Gasteiger charge is -2.32. The van der Waals surface area contributed by atoms with E-state index >= 15 is 0 Å². The lowest BCUT2D eigenvalue weighted by Crippen LogP contribution is -2.41. The van der Waals surface area contributed by atoms with Crippen LogP contribution in [-0.2, 0) is 7.05 Å². The highest BCUT2D eigenvalue weighted by Crippen LogP contribution is 2.33. The van der Waals surface area contributed by atoms with Crippen molar-refractivity contribution in [1.82, 2.24) is 19.7 Å². The maximum absolute atomic E-state index is 13.0. The van der Waals surface area contributed by atoms with Crippen LogP contribution in [0.25, 0.3) is 11.1 Å². The Bertz CT molecular complexity index is 1050. The number of rotatable bonds is 3. The molecule has 2 aromatic heterocycles. The number of aryl methyl sites for hydroxylation is 2. The van der Waals surface area contributed by atoms with Gasteiger partial charge in [-0.15, -0.1) is 0 Å². The number of aromatic nitrogens is 3. The van der Waals surface area contributed by atoms with E-state index in [4.69, 9.17) is 0 Å². The Kier molecular flexibility index (Phi) is 4.86. The third kappa shape index (κ3) is 3.38. The molecular weight excluding hydrogens is 352 g/mol. The highest BCUT2D eigenvalue weighted by atomic mass is 16.2. The minimum Gasteiger partial charge on any atom is -0.338 e. The summed E-state index contributed by atoms with van der Waals surface area (Å²) in [5.74, 6) is -0.0219. The summed E-state index contributed by atoms with van der Waals surface area (Å²) in [6, 6.07) is 11.7. The zero-order chi connectivity index (χ0) is 19.7. The van der Waals surface area contributed by atoms with Crippen LogP contribution >= 0.6 is 0 Å². The van der Waals surface area contributed by atoms with Gasteiger partial charge in [-0.25, -0.2) is 0 Å². The molecule has 3 heterocycles. The fraction of sp³-hybridized carbons (Fsp3) is 0.318. The fourth-order valence-corrected chi connectivity index (χ4v) is 3.90. The zero-order valence-electron chi connectivity index (χ0n) is 16.2. The minimum atomic E-state index is -0.253. The molecular formula is C22H24N4O2. The number of nitrogens with one attached hydrogen (secondary N) is 1. The third-order valence-corrected chi connectivity index (χ3v) is 5.50. The van der Waals surface area contributed by atoms with Crippen molar-refractivity contribution in [3.63, 3.8) is 0 Å². The predicted molar refractivity (Wildman–Crippen MR) is 108 cm³/mol. The molecule has 28 heavy (non-hydrogen) atoms. The van der Waals surface area contributed by atoms with Gasteiger partial charge in [-0.05, 0) is 37.5 Å². The highest BCUT2D eigenvalue weighted by Gasteiger charge is 2.29. The summed E-state index contributed by atoms with van der Waals surface area (Å²) < 4.78 is 1.44. The molecule has 1 aliphatic rings. The fourth-order valence-electron chi connectivity index (χ4n) is 3.90. The number of carbonyl (C=O) groups excluding carboxylic acids is 1. The van der Waals surface area contributed by atoms with Crippen LogP contribution in [-0.4, -0.2) is 38.7 Å². The van der Waals surface area contributed by atoms with Crippen LogP contribution in [0.1, 0.15) is 40.4 Å². The average molecular weight is 376 g/mol. The van der Waals surface area contributed by atoms with E-state index in [0.29, 0.717) is 13.1 Å². The first-order valence-corrected chi connectivity index (χ1v) is 9.60. The maximum Gasteiger partial charge on any atom is 0.263 e. The molecule has 6 heteroatoms. The Morgan fingerprint density at radius 1 is 1.21 bits per heavy atom. The molecule has 144 valence electrons. The highest BCUT2D eigenvalue weighted by molar-refractivity contribution is 5.94. The lowest BCUT2D eigenvalue weighted by atomic mass is 9.90. The molecule has 1 fully saturated rings. The molecule has 0 aliphatic carbocycles. The van der Waals surface area contributed by atoms with E-state index in [-0.39, 0.29) is 22.9 Å². The van der Waals surface area contributed by atoms with Crippen molar-refractivity contribution >= 4 is 5.91 Å². The quantitative estimate of drug-likeness (QED) is 0.764. The van der Waals surface area contributed by atoms with Crippen LogP contribution < -0.4 is 5.56 Å². The van der Waals surface area contributed by atoms with Gasteiger partial charge in [0.15, 0.2) is 0 Å². The second-order valence-electron chi connectivity index (χ2n) is 7.49. The Morgan fingerprint density at radius 2 is 2.00 bits per heavy atom. The molecule has 1 N–H and O–H groups in total. The Hall–Kier alpha value is -3.15. The number of piperidine rings is 1. The number of benzene rings is 1. The van der Waals surface area contributed by atoms with Gasteiger partial charge in [0.05, 0.1) is 6.20 Å². The summed E-state index contributed by atoms with van der Waals surface area (Å²) in [6.07, 6.45) is 5.40. The number of amides is 1. The number of likely N-dealkylation sites (tertiary alicyclic amines) is 1. The van der Waals surface area contributed by atoms with Gasteiger partial charge >= 0.3 is 0 Å². The van der Waals surface area contributed by atoms with Crippen molar-refractivity contribution < 1.29 is 4.79 Å². The number of hydrogen-bond acceptors (Lipinski definition) is 3. The van der Waals surface area contributed by atoms with Crippen LogP contribution in [0.15, 0.2) is 53.6 Å². The third-order valence-electron chi connectivity index (χ3n) is 5.50. The standard InChI is InChI=1S/C22H24N4O2/c1-15-7-9-16(10-8-15)19-13-23-24-20(19)17-5-3-12-26(14-17)22(28)18-6-4-11-25(2)21(18)27/h4,6-11,13,17H,3,5,12,14H2,1-2H3,(H,23,24)/t17-/m0/s1. The molecule has 1 atom stereocenters. The number of hydrogen-bond donors (Lipinski definition) is 1. The number of nitrogens with zero attached hydrogens (tertiary/aromatic N) is 3. The summed E-state index contributed by atoms with van der Waals surface area (Å²) in [6.45, 7) is 3.32. The second kappa shape index (κ2) is 7.46. The molecule has 6 nitrogen and oxygen atoms in total. The van der Waals surface area contributed by atoms with E-state index in [2.05, 4.69) is 41.4 Å². The lowest BCUT2D eigenvalue weighted by molar-refractivity contribution is 0.0703. The molecule has 0 unspecified atom stereocenters. The monoisotopic (exact) mass is 376 g/mol. The molecule has 4 rings (SSSR count). The smallest absolute Gasteiger partial charge is 0.263 e. The van der Waals surface area contributed by atoms with Crippen molar-refractivity contribution in [2.45, 2.75) is 25.7 Å². The zero-order valence-corrected chi connectivity index (χ0v) is 16.2. The second-order valence-corrected chi connectivity index (χ2v) is 7.49. The molecule has 1 aromatic carbocycles. The minimum absolute atomic E-state index is 0.170. The number of carbonyl (C=O) groups is 1. The van der Waals surface area contributed by atoms with Gasteiger partial charge in [-0.2, -0.15) is 5.10 Å². The summed E-state index contributed by atoms with van der Waals surface area (Å²) in [4.78, 5) is 27.1. The van der Waals surface area contributed by atoms with Crippen molar-refractivity contribution in [1.29, 1.82) is 0 Å². The molecule has 3 aromatic rings. The van der Waals surface area contributed by atoms with E-state index in [1.54, 1.807) is 30.3 Å². The SMILES string of the molecule is Cc1ccc(-c2cn[nH]c2[C@H]2CCCN(C(=O)c3cccn(C)c3=O)C2)cc1. The van der Waals surface area contributed by atoms with E-state index in [0.717, 1.165) is 29.7 Å². The van der Waals surface area contributed by atoms with Crippen molar-refractivity contribution in [3.8, 4) is 11.1 Å². The molecule has 1 aliphatic heterocycles. The predicted octanol–water partition coefficient (Wildman–Crippen LogP) is 3.10. The summed E-state index contributed by atoms with van der Waals surface area (Å²) in [5, 5.41) is 7.42. The number of aromatic amines is 1. The van der Waals surface area contributed by atoms with Gasteiger partial charge in [-0.1, -0.05) is 29.8 Å². The van der Waals surface area contributed by atoms with Gasteiger partial charge in [0, 0.05) is 43.5 Å². The Morgan fingerprint density at radius 3 is 2.79 bits per heavy atom. The molecule has 0 spiro atoms. The summed E-state index contributed by atoms with van der Waals surface area (Å²) in [5.41, 5.74) is 4.45. The Labute approximate surface area is 163 Å². The molecule has 0 bridgehead atoms. The van der Waals surface area contributed by atoms with E-state index in [1.165, 1.54) is 10.1 Å². The van der Waals surface area contributed by atoms with Crippen LogP contribution in [0.5, 0.6) is 0 Å². The summed E-state index contributed by atoms with van der Waals surface area (Å²) in [7, 11) is 1.66. The molecule has 1 amide bonds. The van der Waals surface area contributed by atoms with E-state index in [1.807, 2.05) is 6.20 Å². The van der Waals surface area contributed by atoms with Gasteiger partial charge in [0.25, 0.3) is 11.5 Å². The number of H-pyrrole nitrogens is 1. The van der Waals surface area contributed by atoms with Crippen molar-refractivity contribution in [2.75, 3.05) is 13.1 Å². The van der Waals surface area contributed by atoms with Crippen LogP contribution in [0.2, 0.25) is 0 Å². The van der Waals surface area contributed by atoms with Crippen LogP contribution in [0.3, 0.4) is 0 Å². The topological polar surface area (TPSA) is 71.0 Å². The van der Waals surface area contributed by atoms with Gasteiger partial charge in [-0.3, -0.25) is 14.7 Å². The molecule has 0 radical (unpaired) electrons. The van der Waals surface area contributed by atoms with Crippen molar-refractivity contribution in [3.05, 3.63) is 76.0 Å². The van der Waals surface area contributed by atoms with Gasteiger partial charge in [0.2, 0.25) is 0 Å². The van der Waals surface area contributed by atoms with E-state index in [9.17, 15) is 9.59 Å². The van der Waals surface area contributed by atoms with E-state index < -0.39 is 0 Å². The Balaban J connectivity index is 1.59. The molecule has 1 saturated heterocycles. The van der Waals surface area contributed by atoms with Gasteiger partial charge in [0.1, 0.15) is 5.56 Å². The maximum atomic E-state index is 13.0. The van der Waals surface area contributed by atoms with Crippen molar-refractivity contribution in [2.24, 2.45) is 7.05 Å². The van der Waals surface area contributed by atoms with Crippen LogP contribution in [0.4, 0.5) is 0 Å². The first-order chi connectivity index (χ1) is 13.5. The first-order valence-electron chi connectivity index (χ1n) is 9.60. The largest absolute Gasteiger partial charge is 0.338 e. The number of pyridine rings is 1. The van der Waals surface area contributed by atoms with Crippen LogP contribution in [0, 0.1) is 6.92 Å². The molecule has 0 saturated carbocycles. The van der Waals surface area contributed by atoms with Gasteiger partial charge < -0.3 is 9.47 Å². The summed E-state index contributed by atoms with van der Waals surface area (Å²) >= 11 is 0.